The number of benzene rings is 1. The van der Waals surface area contributed by atoms with Crippen molar-refractivity contribution in [2.75, 3.05) is 12.4 Å². The number of pyridine rings is 1. The van der Waals surface area contributed by atoms with E-state index in [1.54, 1.807) is 6.07 Å². The Morgan fingerprint density at radius 2 is 1.94 bits per heavy atom. The fourth-order valence-corrected chi connectivity index (χ4v) is 5.32. The number of amides is 1. The lowest BCUT2D eigenvalue weighted by Crippen LogP contribution is -2.42. The molecule has 5 nitrogen and oxygen atoms in total. The maximum Gasteiger partial charge on any atom is 0.414 e. The van der Waals surface area contributed by atoms with Gasteiger partial charge < -0.3 is 16.0 Å². The van der Waals surface area contributed by atoms with Crippen molar-refractivity contribution in [1.29, 1.82) is 0 Å². The molecule has 1 saturated carbocycles. The molecule has 0 spiro atoms. The molecule has 1 aromatic heterocycles. The number of aromatic nitrogens is 1. The van der Waals surface area contributed by atoms with E-state index < -0.39 is 24.0 Å². The van der Waals surface area contributed by atoms with Crippen LogP contribution in [-0.2, 0) is 16.6 Å². The van der Waals surface area contributed by atoms with Gasteiger partial charge in [0.2, 0.25) is 5.91 Å². The first-order valence-electron chi connectivity index (χ1n) is 11.4. The Bertz CT molecular complexity index is 1010. The first kappa shape index (κ1) is 23.5. The lowest BCUT2D eigenvalue weighted by molar-refractivity contribution is -0.191. The molecular weight excluding hydrogens is 429 g/mol. The number of carbonyl (C=O) groups is 1. The number of alkyl halides is 3. The van der Waals surface area contributed by atoms with Crippen LogP contribution < -0.4 is 11.1 Å². The van der Waals surface area contributed by atoms with Gasteiger partial charge in [0.05, 0.1) is 17.6 Å². The molecule has 4 atom stereocenters. The molecule has 0 saturated heterocycles. The van der Waals surface area contributed by atoms with Crippen LogP contribution in [0.2, 0.25) is 0 Å². The molecule has 1 amide bonds. The normalized spacial score (nSPS) is 24.9. The maximum absolute atomic E-state index is 14.0. The van der Waals surface area contributed by atoms with E-state index >= 15 is 0 Å². The highest BCUT2D eigenvalue weighted by atomic mass is 19.4. The molecule has 4 rings (SSSR count). The average Bonchev–Trinajstić information content (AvgIpc) is 3.29. The van der Waals surface area contributed by atoms with Gasteiger partial charge in [-0.25, -0.2) is 0 Å². The second-order valence-electron chi connectivity index (χ2n) is 9.91. The third kappa shape index (κ3) is 4.58. The van der Waals surface area contributed by atoms with Gasteiger partial charge in [-0.3, -0.25) is 9.78 Å². The molecule has 2 aromatic rings. The molecule has 178 valence electrons. The van der Waals surface area contributed by atoms with Gasteiger partial charge in [-0.1, -0.05) is 38.1 Å². The minimum atomic E-state index is -4.64. The Morgan fingerprint density at radius 1 is 1.21 bits per heavy atom. The Hall–Kier alpha value is -2.61. The summed E-state index contributed by atoms with van der Waals surface area (Å²) >= 11 is 0. The van der Waals surface area contributed by atoms with E-state index in [-0.39, 0.29) is 23.2 Å². The Kier molecular flexibility index (Phi) is 6.16. The van der Waals surface area contributed by atoms with Crippen molar-refractivity contribution in [3.63, 3.8) is 0 Å². The van der Waals surface area contributed by atoms with E-state index in [0.717, 1.165) is 11.3 Å². The number of halogens is 3. The van der Waals surface area contributed by atoms with Gasteiger partial charge in [0, 0.05) is 30.5 Å². The van der Waals surface area contributed by atoms with Crippen molar-refractivity contribution in [2.24, 2.45) is 11.7 Å². The fourth-order valence-electron chi connectivity index (χ4n) is 5.32. The average molecular weight is 461 g/mol. The highest BCUT2D eigenvalue weighted by Crippen LogP contribution is 2.41. The number of nitrogens with one attached hydrogen (secondary N) is 1. The largest absolute Gasteiger partial charge is 0.414 e. The minimum Gasteiger partial charge on any atom is -0.380 e. The summed E-state index contributed by atoms with van der Waals surface area (Å²) < 4.78 is 42.0. The first-order chi connectivity index (χ1) is 15.5. The number of carbonyl (C=O) groups excluding carboxylic acids is 1. The molecule has 1 heterocycles. The molecule has 0 radical (unpaired) electrons. The van der Waals surface area contributed by atoms with Gasteiger partial charge in [0.25, 0.3) is 0 Å². The van der Waals surface area contributed by atoms with Gasteiger partial charge >= 0.3 is 6.18 Å². The summed E-state index contributed by atoms with van der Waals surface area (Å²) in [5, 5.41) is 3.45. The summed E-state index contributed by atoms with van der Waals surface area (Å²) in [6, 6.07) is 9.11. The van der Waals surface area contributed by atoms with Crippen molar-refractivity contribution in [1.82, 2.24) is 9.88 Å². The van der Waals surface area contributed by atoms with Crippen molar-refractivity contribution in [3.05, 3.63) is 59.4 Å². The lowest BCUT2D eigenvalue weighted by atomic mass is 9.83. The predicted molar refractivity (Wildman–Crippen MR) is 122 cm³/mol. The predicted octanol–water partition coefficient (Wildman–Crippen LogP) is 4.59. The first-order valence-corrected chi connectivity index (χ1v) is 11.4. The molecule has 1 fully saturated rings. The number of hydrogen-bond acceptors (Lipinski definition) is 4. The van der Waals surface area contributed by atoms with E-state index in [9.17, 15) is 18.0 Å². The molecule has 8 heteroatoms. The van der Waals surface area contributed by atoms with Gasteiger partial charge in [-0.2, -0.15) is 13.2 Å². The van der Waals surface area contributed by atoms with Crippen LogP contribution in [0.5, 0.6) is 0 Å². The highest BCUT2D eigenvalue weighted by Gasteiger charge is 2.47. The SMILES string of the molecule is CN(C(=O)[C@@H]1CC[C@H](N)C1)C(c1ccc(N[C@@H]2Cc3ccccc3C2(C)C)cn1)C(F)(F)F. The van der Waals surface area contributed by atoms with Gasteiger partial charge in [-0.05, 0) is 48.9 Å². The fraction of sp³-hybridized carbons (Fsp3) is 0.520. The third-order valence-corrected chi connectivity index (χ3v) is 7.28. The van der Waals surface area contributed by atoms with E-state index in [0.29, 0.717) is 24.9 Å². The Labute approximate surface area is 192 Å². The van der Waals surface area contributed by atoms with Crippen LogP contribution in [-0.4, -0.2) is 41.1 Å². The zero-order chi connectivity index (χ0) is 24.0. The molecule has 0 bridgehead atoms. The van der Waals surface area contributed by atoms with Gasteiger partial charge in [-0.15, -0.1) is 0 Å². The molecule has 2 aliphatic rings. The summed E-state index contributed by atoms with van der Waals surface area (Å²) in [6.07, 6.45) is -0.786. The Morgan fingerprint density at radius 3 is 2.52 bits per heavy atom. The minimum absolute atomic E-state index is 0.0942. The van der Waals surface area contributed by atoms with Crippen LogP contribution in [0.25, 0.3) is 0 Å². The number of hydrogen-bond donors (Lipinski definition) is 2. The number of nitrogens with zero attached hydrogens (tertiary/aromatic N) is 2. The summed E-state index contributed by atoms with van der Waals surface area (Å²) in [7, 11) is 1.20. The summed E-state index contributed by atoms with van der Waals surface area (Å²) in [4.78, 5) is 17.7. The molecule has 3 N–H and O–H groups in total. The van der Waals surface area contributed by atoms with Crippen LogP contribution in [0.15, 0.2) is 42.6 Å². The number of fused-ring (bicyclic) bond motifs is 1. The van der Waals surface area contributed by atoms with E-state index in [2.05, 4.69) is 36.3 Å². The van der Waals surface area contributed by atoms with Crippen LogP contribution in [0.3, 0.4) is 0 Å². The topological polar surface area (TPSA) is 71.2 Å². The second kappa shape index (κ2) is 8.63. The summed E-state index contributed by atoms with van der Waals surface area (Å²) in [5.41, 5.74) is 8.73. The van der Waals surface area contributed by atoms with E-state index in [1.807, 2.05) is 12.1 Å². The second-order valence-corrected chi connectivity index (χ2v) is 9.91. The quantitative estimate of drug-likeness (QED) is 0.685. The molecule has 0 aliphatic heterocycles. The van der Waals surface area contributed by atoms with Crippen LogP contribution in [0.1, 0.15) is 56.0 Å². The molecule has 1 aromatic carbocycles. The maximum atomic E-state index is 14.0. The molecule has 2 aliphatic carbocycles. The van der Waals surface area contributed by atoms with Crippen molar-refractivity contribution >= 4 is 11.6 Å². The van der Waals surface area contributed by atoms with Crippen LogP contribution in [0.4, 0.5) is 18.9 Å². The summed E-state index contributed by atoms with van der Waals surface area (Å²) in [5.74, 6) is -0.998. The lowest BCUT2D eigenvalue weighted by Gasteiger charge is -2.32. The third-order valence-electron chi connectivity index (χ3n) is 7.28. The number of nitrogens with two attached hydrogens (primary N) is 1. The smallest absolute Gasteiger partial charge is 0.380 e. The zero-order valence-electron chi connectivity index (χ0n) is 19.2. The van der Waals surface area contributed by atoms with Crippen molar-refractivity contribution in [3.8, 4) is 0 Å². The van der Waals surface area contributed by atoms with Crippen molar-refractivity contribution < 1.29 is 18.0 Å². The van der Waals surface area contributed by atoms with Gasteiger partial charge in [0.1, 0.15) is 0 Å². The zero-order valence-corrected chi connectivity index (χ0v) is 19.2. The van der Waals surface area contributed by atoms with Crippen LogP contribution in [0, 0.1) is 5.92 Å². The van der Waals surface area contributed by atoms with E-state index in [4.69, 9.17) is 5.73 Å². The molecule has 1 unspecified atom stereocenters. The molecule has 33 heavy (non-hydrogen) atoms. The van der Waals surface area contributed by atoms with Gasteiger partial charge in [0.15, 0.2) is 6.04 Å². The number of anilines is 1. The Balaban J connectivity index is 1.51. The van der Waals surface area contributed by atoms with E-state index in [1.165, 1.54) is 30.4 Å². The molecular formula is C25H31F3N4O. The standard InChI is InChI=1S/C25H31F3N4O/c1-24(2)19-7-5-4-6-15(19)13-21(24)31-18-10-11-20(30-14-18)22(25(26,27)28)32(3)23(33)16-8-9-17(29)12-16/h4-7,10-11,14,16-17,21-22,31H,8-9,12-13,29H2,1-3H3/t16-,17+,21-,22?/m1/s1. The van der Waals surface area contributed by atoms with Crippen molar-refractivity contribution in [2.45, 2.75) is 69.2 Å². The summed E-state index contributed by atoms with van der Waals surface area (Å²) in [6.45, 7) is 4.32. The number of rotatable bonds is 5. The van der Waals surface area contributed by atoms with Crippen LogP contribution >= 0.6 is 0 Å². The highest BCUT2D eigenvalue weighted by molar-refractivity contribution is 5.79. The monoisotopic (exact) mass is 460 g/mol.